The van der Waals surface area contributed by atoms with Crippen molar-refractivity contribution >= 4 is 5.91 Å². The third kappa shape index (κ3) is 3.38. The molecule has 6 heteroatoms. The Morgan fingerprint density at radius 3 is 2.88 bits per heavy atom. The molecule has 3 N–H and O–H groups in total. The average Bonchev–Trinajstić information content (AvgIpc) is 2.81. The van der Waals surface area contributed by atoms with E-state index in [1.54, 1.807) is 0 Å². The Morgan fingerprint density at radius 2 is 2.35 bits per heavy atom. The molecule has 0 aromatic rings. The highest BCUT2D eigenvalue weighted by atomic mass is 16.7. The summed E-state index contributed by atoms with van der Waals surface area (Å²) >= 11 is 0. The molecule has 0 aromatic carbocycles. The molecule has 0 radical (unpaired) electrons. The quantitative estimate of drug-likeness (QED) is 0.592. The Labute approximate surface area is 101 Å². The molecule has 2 heterocycles. The molecule has 0 bridgehead atoms. The van der Waals surface area contributed by atoms with Crippen LogP contribution >= 0.6 is 0 Å². The zero-order valence-electron chi connectivity index (χ0n) is 10.2. The summed E-state index contributed by atoms with van der Waals surface area (Å²) < 4.78 is 11.0. The van der Waals surface area contributed by atoms with E-state index >= 15 is 0 Å². The van der Waals surface area contributed by atoms with Crippen LogP contribution in [0.15, 0.2) is 0 Å². The fraction of sp³-hybridized carbons (Fsp3) is 0.909. The standard InChI is InChI=1S/C11H20N2O4/c1-11(2)16-6-8(17-11)5-13-10(15)9-3-7(14)4-12-9/h7-9,12,14H,3-6H2,1-2H3,(H,13,15). The summed E-state index contributed by atoms with van der Waals surface area (Å²) in [6, 6.07) is -0.291. The van der Waals surface area contributed by atoms with Crippen LogP contribution in [-0.2, 0) is 14.3 Å². The SMILES string of the molecule is CC1(C)OCC(CNC(=O)C2CC(O)CN2)O1. The molecule has 2 fully saturated rings. The summed E-state index contributed by atoms with van der Waals surface area (Å²) in [6.07, 6.45) is -0.0460. The highest BCUT2D eigenvalue weighted by molar-refractivity contribution is 5.82. The van der Waals surface area contributed by atoms with Gasteiger partial charge in [-0.25, -0.2) is 0 Å². The van der Waals surface area contributed by atoms with E-state index < -0.39 is 11.9 Å². The number of amides is 1. The molecule has 0 spiro atoms. The van der Waals surface area contributed by atoms with Crippen LogP contribution in [0.3, 0.4) is 0 Å². The molecule has 3 unspecified atom stereocenters. The zero-order valence-corrected chi connectivity index (χ0v) is 10.2. The number of aliphatic hydroxyl groups excluding tert-OH is 1. The van der Waals surface area contributed by atoms with Crippen LogP contribution in [0.25, 0.3) is 0 Å². The van der Waals surface area contributed by atoms with E-state index in [1.807, 2.05) is 13.8 Å². The number of hydrogen-bond acceptors (Lipinski definition) is 5. The van der Waals surface area contributed by atoms with Gasteiger partial charge < -0.3 is 25.2 Å². The lowest BCUT2D eigenvalue weighted by atomic mass is 10.2. The van der Waals surface area contributed by atoms with Crippen LogP contribution < -0.4 is 10.6 Å². The predicted octanol–water partition coefficient (Wildman–Crippen LogP) is -1.02. The summed E-state index contributed by atoms with van der Waals surface area (Å²) in [5.74, 6) is -0.646. The lowest BCUT2D eigenvalue weighted by molar-refractivity contribution is -0.139. The molecule has 6 nitrogen and oxygen atoms in total. The minimum absolute atomic E-state index is 0.0881. The van der Waals surface area contributed by atoms with Gasteiger partial charge in [-0.15, -0.1) is 0 Å². The van der Waals surface area contributed by atoms with Gasteiger partial charge in [-0.1, -0.05) is 0 Å². The normalized spacial score (nSPS) is 36.1. The van der Waals surface area contributed by atoms with E-state index in [0.717, 1.165) is 0 Å². The molecule has 0 aliphatic carbocycles. The van der Waals surface area contributed by atoms with E-state index in [0.29, 0.717) is 26.1 Å². The Bertz CT molecular complexity index is 295. The van der Waals surface area contributed by atoms with Crippen LogP contribution in [0.1, 0.15) is 20.3 Å². The van der Waals surface area contributed by atoms with Gasteiger partial charge in [0, 0.05) is 13.1 Å². The Morgan fingerprint density at radius 1 is 1.59 bits per heavy atom. The fourth-order valence-corrected chi connectivity index (χ4v) is 2.12. The number of carbonyl (C=O) groups is 1. The average molecular weight is 244 g/mol. The van der Waals surface area contributed by atoms with Gasteiger partial charge in [0.1, 0.15) is 6.10 Å². The van der Waals surface area contributed by atoms with Gasteiger partial charge in [-0.2, -0.15) is 0 Å². The maximum absolute atomic E-state index is 11.7. The van der Waals surface area contributed by atoms with Crippen LogP contribution in [0.2, 0.25) is 0 Å². The van der Waals surface area contributed by atoms with E-state index in [-0.39, 0.29) is 18.1 Å². The van der Waals surface area contributed by atoms with Crippen LogP contribution in [-0.4, -0.2) is 54.7 Å². The molecule has 3 atom stereocenters. The summed E-state index contributed by atoms with van der Waals surface area (Å²) in [5, 5.41) is 15.1. The van der Waals surface area contributed by atoms with Crippen LogP contribution in [0, 0.1) is 0 Å². The maximum atomic E-state index is 11.7. The van der Waals surface area contributed by atoms with Gasteiger partial charge in [0.05, 0.1) is 18.8 Å². The van der Waals surface area contributed by atoms with Crippen molar-refractivity contribution in [1.29, 1.82) is 0 Å². The van der Waals surface area contributed by atoms with Crippen molar-refractivity contribution in [2.75, 3.05) is 19.7 Å². The minimum atomic E-state index is -0.558. The van der Waals surface area contributed by atoms with Crippen LogP contribution in [0.4, 0.5) is 0 Å². The molecule has 17 heavy (non-hydrogen) atoms. The number of rotatable bonds is 3. The molecule has 0 aromatic heterocycles. The first-order valence-corrected chi connectivity index (χ1v) is 5.97. The highest BCUT2D eigenvalue weighted by Gasteiger charge is 2.34. The number of nitrogens with one attached hydrogen (secondary N) is 2. The van der Waals surface area contributed by atoms with Gasteiger partial charge in [-0.05, 0) is 20.3 Å². The third-order valence-corrected chi connectivity index (χ3v) is 3.00. The second-order valence-corrected chi connectivity index (χ2v) is 5.05. The first-order valence-electron chi connectivity index (χ1n) is 5.97. The van der Waals surface area contributed by atoms with E-state index in [9.17, 15) is 9.90 Å². The van der Waals surface area contributed by atoms with Gasteiger partial charge in [0.25, 0.3) is 0 Å². The Kier molecular flexibility index (Phi) is 3.67. The molecule has 98 valence electrons. The van der Waals surface area contributed by atoms with Crippen molar-refractivity contribution in [2.45, 2.75) is 44.3 Å². The summed E-state index contributed by atoms with van der Waals surface area (Å²) in [4.78, 5) is 11.7. The molecular formula is C11H20N2O4. The van der Waals surface area contributed by atoms with E-state index in [4.69, 9.17) is 9.47 Å². The second kappa shape index (κ2) is 4.89. The molecule has 1 amide bonds. The lowest BCUT2D eigenvalue weighted by Gasteiger charge is -2.18. The monoisotopic (exact) mass is 244 g/mol. The third-order valence-electron chi connectivity index (χ3n) is 3.00. The van der Waals surface area contributed by atoms with E-state index in [2.05, 4.69) is 10.6 Å². The van der Waals surface area contributed by atoms with Crippen LogP contribution in [0.5, 0.6) is 0 Å². The molecule has 2 saturated heterocycles. The number of aliphatic hydroxyl groups is 1. The molecule has 0 saturated carbocycles. The van der Waals surface area contributed by atoms with Crippen molar-refractivity contribution in [3.8, 4) is 0 Å². The number of carbonyl (C=O) groups excluding carboxylic acids is 1. The zero-order chi connectivity index (χ0) is 12.5. The molecule has 2 aliphatic rings. The number of β-amino-alcohol motifs (C(OH)–C–C–N with tert-alkyl or cyclic N) is 1. The topological polar surface area (TPSA) is 79.8 Å². The fourth-order valence-electron chi connectivity index (χ4n) is 2.12. The second-order valence-electron chi connectivity index (χ2n) is 5.05. The summed E-state index contributed by atoms with van der Waals surface area (Å²) in [7, 11) is 0. The predicted molar refractivity (Wildman–Crippen MR) is 60.3 cm³/mol. The van der Waals surface area contributed by atoms with Crippen molar-refractivity contribution < 1.29 is 19.4 Å². The molecular weight excluding hydrogens is 224 g/mol. The maximum Gasteiger partial charge on any atom is 0.237 e. The number of ether oxygens (including phenoxy) is 2. The Balaban J connectivity index is 1.70. The van der Waals surface area contributed by atoms with Crippen molar-refractivity contribution in [3.05, 3.63) is 0 Å². The first-order chi connectivity index (χ1) is 7.96. The molecule has 2 rings (SSSR count). The molecule has 2 aliphatic heterocycles. The summed E-state index contributed by atoms with van der Waals surface area (Å²) in [6.45, 7) is 5.12. The minimum Gasteiger partial charge on any atom is -0.392 e. The van der Waals surface area contributed by atoms with Gasteiger partial charge in [0.15, 0.2) is 5.79 Å². The van der Waals surface area contributed by atoms with Crippen molar-refractivity contribution in [2.24, 2.45) is 0 Å². The van der Waals surface area contributed by atoms with Gasteiger partial charge in [-0.3, -0.25) is 4.79 Å². The van der Waals surface area contributed by atoms with E-state index in [1.165, 1.54) is 0 Å². The van der Waals surface area contributed by atoms with Crippen molar-refractivity contribution in [1.82, 2.24) is 10.6 Å². The van der Waals surface area contributed by atoms with Gasteiger partial charge in [0.2, 0.25) is 5.91 Å². The summed E-state index contributed by atoms with van der Waals surface area (Å²) in [5.41, 5.74) is 0. The Hall–Kier alpha value is -0.690. The van der Waals surface area contributed by atoms with Gasteiger partial charge >= 0.3 is 0 Å². The van der Waals surface area contributed by atoms with Crippen molar-refractivity contribution in [3.63, 3.8) is 0 Å². The first kappa shape index (κ1) is 12.8. The highest BCUT2D eigenvalue weighted by Crippen LogP contribution is 2.21. The smallest absolute Gasteiger partial charge is 0.237 e. The lowest BCUT2D eigenvalue weighted by Crippen LogP contribution is -2.43. The largest absolute Gasteiger partial charge is 0.392 e. The number of hydrogen-bond donors (Lipinski definition) is 3.